The summed E-state index contributed by atoms with van der Waals surface area (Å²) < 4.78 is 12.9. The van der Waals surface area contributed by atoms with Gasteiger partial charge in [0, 0.05) is 50.3 Å². The largest absolute Gasteiger partial charge is 0.456 e. The fourth-order valence-corrected chi connectivity index (χ4v) is 7.97. The van der Waals surface area contributed by atoms with Gasteiger partial charge < -0.3 is 13.7 Å². The topological polar surface area (TPSA) is 42.4 Å². The Balaban J connectivity index is 1.13. The van der Waals surface area contributed by atoms with Crippen molar-refractivity contribution >= 4 is 82.6 Å². The monoisotopic (exact) mass is 678 g/mol. The molecule has 248 valence electrons. The van der Waals surface area contributed by atoms with Crippen LogP contribution in [0.3, 0.4) is 0 Å². The predicted molar refractivity (Wildman–Crippen MR) is 219 cm³/mol. The zero-order chi connectivity index (χ0) is 34.9. The maximum Gasteiger partial charge on any atom is 0.137 e. The molecule has 0 aliphatic rings. The third-order valence-corrected chi connectivity index (χ3v) is 10.5. The number of furan rings is 2. The lowest BCUT2D eigenvalue weighted by atomic mass is 9.96. The lowest BCUT2D eigenvalue weighted by Crippen LogP contribution is -2.11. The molecule has 0 aliphatic carbocycles. The molecule has 0 radical (unpaired) electrons. The summed E-state index contributed by atoms with van der Waals surface area (Å²) in [5, 5.41) is 7.83. The second-order valence-electron chi connectivity index (χ2n) is 13.6. The van der Waals surface area contributed by atoms with Gasteiger partial charge in [-0.2, -0.15) is 0 Å². The van der Waals surface area contributed by atoms with Crippen molar-refractivity contribution in [2.75, 3.05) is 4.90 Å². The van der Waals surface area contributed by atoms with E-state index in [0.717, 1.165) is 94.1 Å². The first kappa shape index (κ1) is 29.5. The van der Waals surface area contributed by atoms with E-state index in [-0.39, 0.29) is 0 Å². The van der Waals surface area contributed by atoms with Gasteiger partial charge in [-0.05, 0) is 76.0 Å². The standard InChI is InChI=1S/C49H30N2O2/c1-2-12-32(13-3-1)38-15-6-8-18-44(38)51(36-23-24-41-40-16-7-9-19-45(40)52-47(41)28-36)37-26-35-27-42-48(29-43(35)50-30-37)53-46-20-10-17-39(49(42)46)34-22-21-31-11-4-5-14-33(31)25-34/h1-30H. The highest BCUT2D eigenvalue weighted by Crippen LogP contribution is 2.44. The van der Waals surface area contributed by atoms with E-state index in [9.17, 15) is 0 Å². The summed E-state index contributed by atoms with van der Waals surface area (Å²) >= 11 is 0. The zero-order valence-electron chi connectivity index (χ0n) is 28.5. The van der Waals surface area contributed by atoms with Crippen LogP contribution in [0.5, 0.6) is 0 Å². The van der Waals surface area contributed by atoms with Crippen LogP contribution in [0.15, 0.2) is 191 Å². The van der Waals surface area contributed by atoms with Crippen LogP contribution in [0.1, 0.15) is 0 Å². The summed E-state index contributed by atoms with van der Waals surface area (Å²) in [5.41, 5.74) is 11.8. The van der Waals surface area contributed by atoms with Gasteiger partial charge in [0.1, 0.15) is 22.3 Å². The van der Waals surface area contributed by atoms with Crippen LogP contribution in [0, 0.1) is 0 Å². The Morgan fingerprint density at radius 2 is 1.13 bits per heavy atom. The van der Waals surface area contributed by atoms with Gasteiger partial charge in [-0.3, -0.25) is 4.98 Å². The van der Waals surface area contributed by atoms with E-state index in [1.807, 2.05) is 18.3 Å². The highest BCUT2D eigenvalue weighted by atomic mass is 16.3. The van der Waals surface area contributed by atoms with Crippen molar-refractivity contribution in [2.45, 2.75) is 0 Å². The van der Waals surface area contributed by atoms with Crippen molar-refractivity contribution in [3.63, 3.8) is 0 Å². The third kappa shape index (κ3) is 4.80. The Morgan fingerprint density at radius 3 is 2.08 bits per heavy atom. The smallest absolute Gasteiger partial charge is 0.137 e. The van der Waals surface area contributed by atoms with E-state index in [4.69, 9.17) is 13.8 Å². The summed E-state index contributed by atoms with van der Waals surface area (Å²) in [6.45, 7) is 0. The molecule has 3 aromatic heterocycles. The van der Waals surface area contributed by atoms with E-state index in [1.54, 1.807) is 0 Å². The number of rotatable bonds is 5. The molecular formula is C49H30N2O2. The lowest BCUT2D eigenvalue weighted by molar-refractivity contribution is 0.668. The molecule has 53 heavy (non-hydrogen) atoms. The minimum atomic E-state index is 0.822. The van der Waals surface area contributed by atoms with Gasteiger partial charge in [-0.1, -0.05) is 115 Å². The van der Waals surface area contributed by atoms with Crippen LogP contribution in [-0.4, -0.2) is 4.98 Å². The molecule has 0 saturated heterocycles. The molecule has 4 heteroatoms. The van der Waals surface area contributed by atoms with E-state index < -0.39 is 0 Å². The Kier molecular flexibility index (Phi) is 6.52. The number of hydrogen-bond donors (Lipinski definition) is 0. The Labute approximate surface area is 304 Å². The fourth-order valence-electron chi connectivity index (χ4n) is 7.97. The van der Waals surface area contributed by atoms with Gasteiger partial charge >= 0.3 is 0 Å². The second-order valence-corrected chi connectivity index (χ2v) is 13.6. The molecule has 0 atom stereocenters. The minimum absolute atomic E-state index is 0.822. The van der Waals surface area contributed by atoms with Crippen molar-refractivity contribution in [3.05, 3.63) is 182 Å². The molecule has 0 saturated carbocycles. The summed E-state index contributed by atoms with van der Waals surface area (Å²) in [6.07, 6.45) is 1.96. The summed E-state index contributed by atoms with van der Waals surface area (Å²) in [7, 11) is 0. The van der Waals surface area contributed by atoms with Gasteiger partial charge in [-0.15, -0.1) is 0 Å². The maximum absolute atomic E-state index is 6.50. The summed E-state index contributed by atoms with van der Waals surface area (Å²) in [5.74, 6) is 0. The van der Waals surface area contributed by atoms with Crippen molar-refractivity contribution in [3.8, 4) is 22.3 Å². The molecule has 0 aliphatic heterocycles. The number of fused-ring (bicyclic) bond motifs is 8. The number of hydrogen-bond acceptors (Lipinski definition) is 4. The molecule has 0 N–H and O–H groups in total. The lowest BCUT2D eigenvalue weighted by Gasteiger charge is -2.27. The van der Waals surface area contributed by atoms with Crippen LogP contribution in [0.2, 0.25) is 0 Å². The van der Waals surface area contributed by atoms with Crippen molar-refractivity contribution in [1.82, 2.24) is 4.98 Å². The molecule has 0 unspecified atom stereocenters. The van der Waals surface area contributed by atoms with Gasteiger partial charge in [0.15, 0.2) is 0 Å². The van der Waals surface area contributed by atoms with Crippen molar-refractivity contribution < 1.29 is 8.83 Å². The first-order valence-electron chi connectivity index (χ1n) is 17.9. The Bertz CT molecular complexity index is 3190. The van der Waals surface area contributed by atoms with Gasteiger partial charge in [-0.25, -0.2) is 0 Å². The van der Waals surface area contributed by atoms with E-state index in [2.05, 4.69) is 169 Å². The van der Waals surface area contributed by atoms with Crippen LogP contribution in [0.25, 0.3) is 87.8 Å². The minimum Gasteiger partial charge on any atom is -0.456 e. The van der Waals surface area contributed by atoms with Crippen molar-refractivity contribution in [2.24, 2.45) is 0 Å². The van der Waals surface area contributed by atoms with Crippen molar-refractivity contribution in [1.29, 1.82) is 0 Å². The molecule has 11 aromatic rings. The molecule has 11 rings (SSSR count). The highest BCUT2D eigenvalue weighted by molar-refractivity contribution is 6.16. The normalized spacial score (nSPS) is 11.8. The Morgan fingerprint density at radius 1 is 0.396 bits per heavy atom. The average molecular weight is 679 g/mol. The van der Waals surface area contributed by atoms with E-state index in [1.165, 1.54) is 10.8 Å². The molecule has 3 heterocycles. The zero-order valence-corrected chi connectivity index (χ0v) is 28.5. The second kappa shape index (κ2) is 11.7. The SMILES string of the molecule is c1ccc(-c2ccccc2N(c2cnc3cc4oc5cccc(-c6ccc7ccccc7c6)c5c4cc3c2)c2ccc3c(c2)oc2ccccc23)cc1. The number of pyridine rings is 1. The summed E-state index contributed by atoms with van der Waals surface area (Å²) in [6, 6.07) is 61.8. The van der Waals surface area contributed by atoms with Crippen LogP contribution < -0.4 is 4.90 Å². The van der Waals surface area contributed by atoms with Gasteiger partial charge in [0.25, 0.3) is 0 Å². The molecule has 0 spiro atoms. The Hall–Kier alpha value is -7.17. The van der Waals surface area contributed by atoms with E-state index in [0.29, 0.717) is 0 Å². The fraction of sp³-hybridized carbons (Fsp3) is 0. The molecule has 0 bridgehead atoms. The van der Waals surface area contributed by atoms with Gasteiger partial charge in [0.05, 0.1) is 23.1 Å². The van der Waals surface area contributed by atoms with Crippen LogP contribution >= 0.6 is 0 Å². The number of anilines is 3. The first-order chi connectivity index (χ1) is 26.2. The van der Waals surface area contributed by atoms with Crippen LogP contribution in [-0.2, 0) is 0 Å². The summed E-state index contributed by atoms with van der Waals surface area (Å²) in [4.78, 5) is 7.35. The third-order valence-electron chi connectivity index (χ3n) is 10.5. The average Bonchev–Trinajstić information content (AvgIpc) is 3.78. The first-order valence-corrected chi connectivity index (χ1v) is 17.9. The molecule has 8 aromatic carbocycles. The highest BCUT2D eigenvalue weighted by Gasteiger charge is 2.21. The number of benzene rings is 8. The number of para-hydroxylation sites is 2. The van der Waals surface area contributed by atoms with E-state index >= 15 is 0 Å². The molecule has 0 amide bonds. The molecule has 4 nitrogen and oxygen atoms in total. The van der Waals surface area contributed by atoms with Crippen LogP contribution in [0.4, 0.5) is 17.1 Å². The molecule has 0 fully saturated rings. The number of aromatic nitrogens is 1. The number of nitrogens with zero attached hydrogens (tertiary/aromatic N) is 2. The maximum atomic E-state index is 6.50. The quantitative estimate of drug-likeness (QED) is 0.182. The molecular weight excluding hydrogens is 649 g/mol. The predicted octanol–water partition coefficient (Wildman–Crippen LogP) is 14.0. The van der Waals surface area contributed by atoms with Gasteiger partial charge in [0.2, 0.25) is 0 Å².